The van der Waals surface area contributed by atoms with Gasteiger partial charge < -0.3 is 4.90 Å². The highest BCUT2D eigenvalue weighted by Gasteiger charge is 2.52. The lowest BCUT2D eigenvalue weighted by atomic mass is 9.96. The minimum atomic E-state index is -0.346. The molecule has 1 aromatic heterocycles. The van der Waals surface area contributed by atoms with Crippen molar-refractivity contribution in [3.8, 4) is 0 Å². The Morgan fingerprint density at radius 3 is 2.60 bits per heavy atom. The average molecular weight is 225 g/mol. The number of amides is 1. The molecule has 1 aromatic rings. The lowest BCUT2D eigenvalue weighted by Crippen LogP contribution is -2.33. The Morgan fingerprint density at radius 1 is 1.47 bits per heavy atom. The van der Waals surface area contributed by atoms with Gasteiger partial charge in [-0.25, -0.2) is 0 Å². The normalized spacial score (nSPS) is 17.3. The number of halogens is 1. The van der Waals surface area contributed by atoms with E-state index in [9.17, 15) is 4.79 Å². The van der Waals surface area contributed by atoms with E-state index in [1.165, 1.54) is 0 Å². The van der Waals surface area contributed by atoms with Gasteiger partial charge in [-0.05, 0) is 24.5 Å². The second kappa shape index (κ2) is 3.49. The Balaban J connectivity index is 2.35. The predicted molar refractivity (Wildman–Crippen MR) is 58.9 cm³/mol. The quantitative estimate of drug-likeness (QED) is 0.768. The number of carbonyl (C=O) groups excluding carboxylic acids is 1. The molecule has 0 aliphatic heterocycles. The number of hydrogen-bond donors (Lipinski definition) is 0. The van der Waals surface area contributed by atoms with Crippen molar-refractivity contribution in [1.82, 2.24) is 9.88 Å². The first kappa shape index (κ1) is 10.4. The van der Waals surface area contributed by atoms with Crippen LogP contribution in [0.2, 0.25) is 5.02 Å². The molecule has 0 N–H and O–H groups in total. The zero-order valence-corrected chi connectivity index (χ0v) is 9.58. The van der Waals surface area contributed by atoms with Gasteiger partial charge >= 0.3 is 0 Å². The molecular formula is C11H13ClN2O. The van der Waals surface area contributed by atoms with Crippen LogP contribution in [0, 0.1) is 0 Å². The molecule has 4 heteroatoms. The van der Waals surface area contributed by atoms with Gasteiger partial charge in [0.2, 0.25) is 5.91 Å². The summed E-state index contributed by atoms with van der Waals surface area (Å²) in [7, 11) is 3.56. The van der Waals surface area contributed by atoms with Crippen molar-refractivity contribution >= 4 is 17.5 Å². The van der Waals surface area contributed by atoms with Crippen LogP contribution in [0.3, 0.4) is 0 Å². The summed E-state index contributed by atoms with van der Waals surface area (Å²) in [5.74, 6) is 0.145. The monoisotopic (exact) mass is 224 g/mol. The van der Waals surface area contributed by atoms with Gasteiger partial charge in [0.05, 0.1) is 10.4 Å². The van der Waals surface area contributed by atoms with Crippen molar-refractivity contribution in [3.63, 3.8) is 0 Å². The lowest BCUT2D eigenvalue weighted by Gasteiger charge is -2.19. The molecule has 0 unspecified atom stereocenters. The molecule has 0 aromatic carbocycles. The van der Waals surface area contributed by atoms with Crippen LogP contribution in [0.5, 0.6) is 0 Å². The van der Waals surface area contributed by atoms with Crippen LogP contribution in [0.25, 0.3) is 0 Å². The average Bonchev–Trinajstić information content (AvgIpc) is 2.97. The Hall–Kier alpha value is -1.09. The highest BCUT2D eigenvalue weighted by molar-refractivity contribution is 6.30. The number of rotatable bonds is 2. The number of aromatic nitrogens is 1. The number of hydrogen-bond acceptors (Lipinski definition) is 2. The fourth-order valence-electron chi connectivity index (χ4n) is 1.85. The van der Waals surface area contributed by atoms with Crippen molar-refractivity contribution in [2.75, 3.05) is 14.1 Å². The Labute approximate surface area is 94.1 Å². The van der Waals surface area contributed by atoms with E-state index in [1.54, 1.807) is 31.4 Å². The first-order valence-electron chi connectivity index (χ1n) is 4.89. The van der Waals surface area contributed by atoms with Gasteiger partial charge in [0, 0.05) is 26.5 Å². The second-order valence-electron chi connectivity index (χ2n) is 4.17. The molecule has 1 aliphatic rings. The van der Waals surface area contributed by atoms with E-state index in [2.05, 4.69) is 4.98 Å². The first-order chi connectivity index (χ1) is 7.06. The Morgan fingerprint density at radius 2 is 2.13 bits per heavy atom. The van der Waals surface area contributed by atoms with Gasteiger partial charge in [-0.1, -0.05) is 11.6 Å². The fourth-order valence-corrected chi connectivity index (χ4v) is 2.03. The number of likely N-dealkylation sites (N-methyl/N-ethyl adjacent to an activating group) is 1. The molecule has 0 atom stereocenters. The summed E-state index contributed by atoms with van der Waals surface area (Å²) in [6.07, 6.45) is 5.11. The van der Waals surface area contributed by atoms with Crippen LogP contribution < -0.4 is 0 Å². The number of pyridine rings is 1. The topological polar surface area (TPSA) is 33.2 Å². The van der Waals surface area contributed by atoms with Gasteiger partial charge in [0.25, 0.3) is 0 Å². The zero-order valence-electron chi connectivity index (χ0n) is 8.83. The molecule has 2 rings (SSSR count). The van der Waals surface area contributed by atoms with Crippen LogP contribution in [0.1, 0.15) is 18.4 Å². The van der Waals surface area contributed by atoms with Crippen molar-refractivity contribution in [2.45, 2.75) is 18.3 Å². The summed E-state index contributed by atoms with van der Waals surface area (Å²) in [6.45, 7) is 0. The van der Waals surface area contributed by atoms with E-state index in [0.29, 0.717) is 5.02 Å². The third-order valence-corrected chi connectivity index (χ3v) is 3.03. The van der Waals surface area contributed by atoms with Crippen LogP contribution in [0.15, 0.2) is 18.5 Å². The van der Waals surface area contributed by atoms with E-state index in [1.807, 2.05) is 6.07 Å². The summed E-state index contributed by atoms with van der Waals surface area (Å²) in [4.78, 5) is 17.7. The maximum absolute atomic E-state index is 12.0. The van der Waals surface area contributed by atoms with Gasteiger partial charge in [-0.3, -0.25) is 9.78 Å². The molecule has 0 radical (unpaired) electrons. The zero-order chi connectivity index (χ0) is 11.1. The molecule has 1 saturated carbocycles. The van der Waals surface area contributed by atoms with Crippen molar-refractivity contribution in [1.29, 1.82) is 0 Å². The largest absolute Gasteiger partial charge is 0.348 e. The molecule has 3 nitrogen and oxygen atoms in total. The molecule has 1 heterocycles. The van der Waals surface area contributed by atoms with E-state index in [0.717, 1.165) is 18.4 Å². The number of nitrogens with zero attached hydrogens (tertiary/aromatic N) is 2. The third-order valence-electron chi connectivity index (χ3n) is 2.82. The minimum Gasteiger partial charge on any atom is -0.348 e. The van der Waals surface area contributed by atoms with Crippen molar-refractivity contribution < 1.29 is 4.79 Å². The van der Waals surface area contributed by atoms with E-state index in [4.69, 9.17) is 11.6 Å². The molecule has 15 heavy (non-hydrogen) atoms. The maximum Gasteiger partial charge on any atom is 0.232 e. The van der Waals surface area contributed by atoms with E-state index < -0.39 is 0 Å². The van der Waals surface area contributed by atoms with Crippen molar-refractivity contribution in [3.05, 3.63) is 29.0 Å². The maximum atomic E-state index is 12.0. The van der Waals surface area contributed by atoms with Crippen LogP contribution in [-0.2, 0) is 10.2 Å². The summed E-state index contributed by atoms with van der Waals surface area (Å²) in [6, 6.07) is 1.84. The Kier molecular flexibility index (Phi) is 2.43. The number of carbonyl (C=O) groups is 1. The molecule has 80 valence electrons. The minimum absolute atomic E-state index is 0.145. The smallest absolute Gasteiger partial charge is 0.232 e. The summed E-state index contributed by atoms with van der Waals surface area (Å²) < 4.78 is 0. The summed E-state index contributed by atoms with van der Waals surface area (Å²) in [5.41, 5.74) is 0.593. The van der Waals surface area contributed by atoms with E-state index >= 15 is 0 Å². The van der Waals surface area contributed by atoms with Gasteiger partial charge in [-0.15, -0.1) is 0 Å². The molecule has 1 amide bonds. The van der Waals surface area contributed by atoms with Gasteiger partial charge in [0.15, 0.2) is 0 Å². The summed E-state index contributed by atoms with van der Waals surface area (Å²) in [5, 5.41) is 0.588. The van der Waals surface area contributed by atoms with Crippen LogP contribution in [-0.4, -0.2) is 29.9 Å². The van der Waals surface area contributed by atoms with Gasteiger partial charge in [-0.2, -0.15) is 0 Å². The Bertz CT molecular complexity index is 399. The SMILES string of the molecule is CN(C)C(=O)C1(c2cncc(Cl)c2)CC1. The van der Waals surface area contributed by atoms with Crippen LogP contribution in [0.4, 0.5) is 0 Å². The third kappa shape index (κ3) is 1.72. The molecule has 0 spiro atoms. The summed E-state index contributed by atoms with van der Waals surface area (Å²) >= 11 is 5.88. The lowest BCUT2D eigenvalue weighted by molar-refractivity contribution is -0.131. The fraction of sp³-hybridized carbons (Fsp3) is 0.455. The highest BCUT2D eigenvalue weighted by Crippen LogP contribution is 2.49. The highest BCUT2D eigenvalue weighted by atomic mass is 35.5. The molecule has 0 saturated heterocycles. The van der Waals surface area contributed by atoms with Crippen LogP contribution >= 0.6 is 11.6 Å². The standard InChI is InChI=1S/C11H13ClN2O/c1-14(2)10(15)11(3-4-11)8-5-9(12)7-13-6-8/h5-7H,3-4H2,1-2H3. The van der Waals surface area contributed by atoms with Crippen molar-refractivity contribution in [2.24, 2.45) is 0 Å². The molecule has 1 fully saturated rings. The molecule has 0 bridgehead atoms. The predicted octanol–water partition coefficient (Wildman–Crippen LogP) is 1.85. The molecular weight excluding hydrogens is 212 g/mol. The van der Waals surface area contributed by atoms with E-state index in [-0.39, 0.29) is 11.3 Å². The van der Waals surface area contributed by atoms with Gasteiger partial charge in [0.1, 0.15) is 0 Å². The first-order valence-corrected chi connectivity index (χ1v) is 5.27. The molecule has 1 aliphatic carbocycles. The second-order valence-corrected chi connectivity index (χ2v) is 4.61.